The van der Waals surface area contributed by atoms with E-state index in [9.17, 15) is 4.79 Å². The fourth-order valence-corrected chi connectivity index (χ4v) is 3.45. The first-order valence-electron chi connectivity index (χ1n) is 8.16. The Morgan fingerprint density at radius 1 is 1.00 bits per heavy atom. The molecule has 22 heavy (non-hydrogen) atoms. The summed E-state index contributed by atoms with van der Waals surface area (Å²) in [4.78, 5) is 12.9. The van der Waals surface area contributed by atoms with Crippen LogP contribution in [-0.4, -0.2) is 5.91 Å². The van der Waals surface area contributed by atoms with Crippen molar-refractivity contribution < 1.29 is 4.79 Å². The number of benzene rings is 2. The molecule has 0 radical (unpaired) electrons. The van der Waals surface area contributed by atoms with Crippen molar-refractivity contribution >= 4 is 11.6 Å². The zero-order chi connectivity index (χ0) is 15.4. The normalized spacial score (nSPS) is 16.4. The number of hydrogen-bond donors (Lipinski definition) is 1. The molecule has 1 amide bonds. The Morgan fingerprint density at radius 3 is 2.27 bits per heavy atom. The van der Waals surface area contributed by atoms with Crippen molar-refractivity contribution in [2.75, 3.05) is 5.32 Å². The van der Waals surface area contributed by atoms with E-state index in [4.69, 9.17) is 0 Å². The summed E-state index contributed by atoms with van der Waals surface area (Å²) in [5, 5.41) is 3.11. The van der Waals surface area contributed by atoms with E-state index in [1.54, 1.807) is 0 Å². The Balaban J connectivity index is 1.82. The van der Waals surface area contributed by atoms with Gasteiger partial charge in [0, 0.05) is 5.69 Å². The second-order valence-electron chi connectivity index (χ2n) is 6.29. The standard InChI is InChI=1S/C20H23NO/c1-15-11-13-18(14-12-15)21-20(22)19(17-9-5-6-10-17)16-7-3-2-4-8-16/h2-4,7-8,11-14,17,19H,5-6,9-10H2,1H3,(H,21,22)/t19-/m0/s1. The van der Waals surface area contributed by atoms with Crippen LogP contribution in [-0.2, 0) is 4.79 Å². The van der Waals surface area contributed by atoms with Gasteiger partial charge in [-0.3, -0.25) is 4.79 Å². The van der Waals surface area contributed by atoms with Crippen molar-refractivity contribution in [1.29, 1.82) is 0 Å². The first-order chi connectivity index (χ1) is 10.7. The fourth-order valence-electron chi connectivity index (χ4n) is 3.45. The third-order valence-electron chi connectivity index (χ3n) is 4.63. The van der Waals surface area contributed by atoms with Gasteiger partial charge in [-0.1, -0.05) is 60.9 Å². The molecule has 2 nitrogen and oxygen atoms in total. The maximum absolute atomic E-state index is 12.9. The summed E-state index contributed by atoms with van der Waals surface area (Å²) < 4.78 is 0. The zero-order valence-electron chi connectivity index (χ0n) is 13.1. The summed E-state index contributed by atoms with van der Waals surface area (Å²) in [5.41, 5.74) is 3.22. The van der Waals surface area contributed by atoms with Crippen LogP contribution in [0.15, 0.2) is 54.6 Å². The van der Waals surface area contributed by atoms with Crippen molar-refractivity contribution in [3.63, 3.8) is 0 Å². The van der Waals surface area contributed by atoms with Gasteiger partial charge in [0.25, 0.3) is 0 Å². The SMILES string of the molecule is Cc1ccc(NC(=O)[C@@H](c2ccccc2)C2CCCC2)cc1. The minimum absolute atomic E-state index is 0.0370. The van der Waals surface area contributed by atoms with Crippen LogP contribution in [0.4, 0.5) is 5.69 Å². The maximum atomic E-state index is 12.9. The Bertz CT molecular complexity index is 612. The number of rotatable bonds is 4. The summed E-state index contributed by atoms with van der Waals surface area (Å²) >= 11 is 0. The molecule has 0 bridgehead atoms. The number of aryl methyl sites for hydroxylation is 1. The maximum Gasteiger partial charge on any atom is 0.232 e. The van der Waals surface area contributed by atoms with Crippen LogP contribution < -0.4 is 5.32 Å². The summed E-state index contributed by atoms with van der Waals surface area (Å²) in [6.07, 6.45) is 4.79. The van der Waals surface area contributed by atoms with Gasteiger partial charge >= 0.3 is 0 Å². The largest absolute Gasteiger partial charge is 0.326 e. The van der Waals surface area contributed by atoms with Gasteiger partial charge in [-0.15, -0.1) is 0 Å². The van der Waals surface area contributed by atoms with Crippen LogP contribution in [0.25, 0.3) is 0 Å². The van der Waals surface area contributed by atoms with Gasteiger partial charge in [-0.2, -0.15) is 0 Å². The lowest BCUT2D eigenvalue weighted by molar-refractivity contribution is -0.118. The Kier molecular flexibility index (Phi) is 4.57. The highest BCUT2D eigenvalue weighted by molar-refractivity contribution is 5.96. The van der Waals surface area contributed by atoms with Crippen LogP contribution >= 0.6 is 0 Å². The lowest BCUT2D eigenvalue weighted by atomic mass is 9.84. The predicted octanol–water partition coefficient (Wildman–Crippen LogP) is 4.91. The van der Waals surface area contributed by atoms with Crippen molar-refractivity contribution in [3.8, 4) is 0 Å². The van der Waals surface area contributed by atoms with Gasteiger partial charge in [0.1, 0.15) is 0 Å². The van der Waals surface area contributed by atoms with Gasteiger partial charge in [0.05, 0.1) is 5.92 Å². The molecule has 0 saturated heterocycles. The first kappa shape index (κ1) is 14.8. The number of carbonyl (C=O) groups excluding carboxylic acids is 1. The molecule has 2 heteroatoms. The Hall–Kier alpha value is -2.09. The number of anilines is 1. The molecule has 1 aliphatic rings. The smallest absolute Gasteiger partial charge is 0.232 e. The van der Waals surface area contributed by atoms with Gasteiger partial charge in [0.2, 0.25) is 5.91 Å². The first-order valence-corrected chi connectivity index (χ1v) is 8.16. The second-order valence-corrected chi connectivity index (χ2v) is 6.29. The van der Waals surface area contributed by atoms with Crippen molar-refractivity contribution in [2.45, 2.75) is 38.5 Å². The van der Waals surface area contributed by atoms with Crippen LogP contribution in [0.1, 0.15) is 42.7 Å². The molecule has 1 saturated carbocycles. The number of carbonyl (C=O) groups is 1. The Labute approximate surface area is 132 Å². The molecule has 0 heterocycles. The molecule has 0 spiro atoms. The molecule has 1 fully saturated rings. The van der Waals surface area contributed by atoms with Crippen LogP contribution in [0, 0.1) is 12.8 Å². The molecule has 2 aromatic carbocycles. The average Bonchev–Trinajstić information content (AvgIpc) is 3.05. The quantitative estimate of drug-likeness (QED) is 0.852. The summed E-state index contributed by atoms with van der Waals surface area (Å²) in [5.74, 6) is 0.555. The molecule has 0 aromatic heterocycles. The molecule has 0 unspecified atom stereocenters. The summed E-state index contributed by atoms with van der Waals surface area (Å²) in [7, 11) is 0. The van der Waals surface area contributed by atoms with Crippen molar-refractivity contribution in [2.24, 2.45) is 5.92 Å². The zero-order valence-corrected chi connectivity index (χ0v) is 13.1. The number of hydrogen-bond acceptors (Lipinski definition) is 1. The van der Waals surface area contributed by atoms with E-state index >= 15 is 0 Å². The third-order valence-corrected chi connectivity index (χ3v) is 4.63. The monoisotopic (exact) mass is 293 g/mol. The summed E-state index contributed by atoms with van der Waals surface area (Å²) in [6.45, 7) is 2.05. The average molecular weight is 293 g/mol. The third kappa shape index (κ3) is 3.38. The lowest BCUT2D eigenvalue weighted by Gasteiger charge is -2.23. The van der Waals surface area contributed by atoms with Crippen molar-refractivity contribution in [1.82, 2.24) is 0 Å². The van der Waals surface area contributed by atoms with Crippen LogP contribution in [0.3, 0.4) is 0 Å². The molecule has 1 aliphatic carbocycles. The van der Waals surface area contributed by atoms with Crippen molar-refractivity contribution in [3.05, 3.63) is 65.7 Å². The molecule has 1 N–H and O–H groups in total. The van der Waals surface area contributed by atoms with Gasteiger partial charge < -0.3 is 5.32 Å². The minimum atomic E-state index is -0.0370. The minimum Gasteiger partial charge on any atom is -0.326 e. The topological polar surface area (TPSA) is 29.1 Å². The van der Waals surface area contributed by atoms with E-state index in [0.717, 1.165) is 24.1 Å². The van der Waals surface area contributed by atoms with Crippen LogP contribution in [0.2, 0.25) is 0 Å². The molecular weight excluding hydrogens is 270 g/mol. The molecule has 114 valence electrons. The Morgan fingerprint density at radius 2 is 1.64 bits per heavy atom. The highest BCUT2D eigenvalue weighted by atomic mass is 16.1. The van der Waals surface area contributed by atoms with Gasteiger partial charge in [0.15, 0.2) is 0 Å². The predicted molar refractivity (Wildman–Crippen MR) is 90.9 cm³/mol. The van der Waals surface area contributed by atoms with E-state index in [0.29, 0.717) is 5.92 Å². The number of amides is 1. The van der Waals surface area contributed by atoms with E-state index in [1.807, 2.05) is 42.5 Å². The molecule has 0 aliphatic heterocycles. The van der Waals surface area contributed by atoms with E-state index in [-0.39, 0.29) is 11.8 Å². The molecule has 3 rings (SSSR count). The van der Waals surface area contributed by atoms with E-state index in [2.05, 4.69) is 24.4 Å². The fraction of sp³-hybridized carbons (Fsp3) is 0.350. The van der Waals surface area contributed by atoms with E-state index < -0.39 is 0 Å². The summed E-state index contributed by atoms with van der Waals surface area (Å²) in [6, 6.07) is 18.2. The number of nitrogens with one attached hydrogen (secondary N) is 1. The molecule has 2 aromatic rings. The molecule has 1 atom stereocenters. The van der Waals surface area contributed by atoms with Crippen LogP contribution in [0.5, 0.6) is 0 Å². The highest BCUT2D eigenvalue weighted by Crippen LogP contribution is 2.38. The van der Waals surface area contributed by atoms with E-state index in [1.165, 1.54) is 18.4 Å². The molecular formula is C20H23NO. The second kappa shape index (κ2) is 6.78. The van der Waals surface area contributed by atoms with Gasteiger partial charge in [-0.25, -0.2) is 0 Å². The lowest BCUT2D eigenvalue weighted by Crippen LogP contribution is -2.26. The van der Waals surface area contributed by atoms with Gasteiger partial charge in [-0.05, 0) is 43.4 Å². The highest BCUT2D eigenvalue weighted by Gasteiger charge is 2.31.